The molecule has 5 N–H and O–H groups in total. The van der Waals surface area contributed by atoms with E-state index < -0.39 is 10.0 Å². The van der Waals surface area contributed by atoms with Gasteiger partial charge in [0.05, 0.1) is 15.1 Å². The number of aliphatic imine (C=N–C) groups is 1. The number of hydrogen-bond acceptors (Lipinski definition) is 9. The van der Waals surface area contributed by atoms with E-state index in [4.69, 9.17) is 10.9 Å². The number of hydrogen-bond donors (Lipinski definition) is 3. The van der Waals surface area contributed by atoms with Crippen LogP contribution < -0.4 is 16.2 Å². The molecule has 2 aliphatic rings. The molecule has 3 aromatic rings. The minimum Gasteiger partial charge on any atom is -0.375 e. The molecule has 32 heavy (non-hydrogen) atoms. The number of fused-ring (bicyclic) bond motifs is 1. The summed E-state index contributed by atoms with van der Waals surface area (Å²) < 4.78 is 26.8. The summed E-state index contributed by atoms with van der Waals surface area (Å²) in [5.74, 6) is 0.653. The Labute approximate surface area is 189 Å². The van der Waals surface area contributed by atoms with E-state index in [0.717, 1.165) is 36.2 Å². The summed E-state index contributed by atoms with van der Waals surface area (Å²) in [4.78, 5) is 8.91. The van der Waals surface area contributed by atoms with Gasteiger partial charge in [0.25, 0.3) is 0 Å². The molecular weight excluding hydrogens is 446 g/mol. The summed E-state index contributed by atoms with van der Waals surface area (Å²) in [7, 11) is -4.07. The smallest absolute Gasteiger partial charge is 0.239 e. The number of aromatic nitrogens is 1. The van der Waals surface area contributed by atoms with Crippen LogP contribution in [0.2, 0.25) is 0 Å². The van der Waals surface area contributed by atoms with Crippen molar-refractivity contribution in [2.75, 3.05) is 25.5 Å². The highest BCUT2D eigenvalue weighted by molar-refractivity contribution is 7.89. The average molecular weight is 470 g/mol. The predicted molar refractivity (Wildman–Crippen MR) is 126 cm³/mol. The lowest BCUT2D eigenvalue weighted by Crippen LogP contribution is -2.29. The third kappa shape index (κ3) is 3.92. The SMILES string of the molecule is Nc1nc2c(-c3ccc(CC4CCNCC4)c(S(N)(=O)=O)c3C3=NCN=N3)cccc2s1. The van der Waals surface area contributed by atoms with Crippen molar-refractivity contribution < 1.29 is 8.42 Å². The number of piperidine rings is 1. The van der Waals surface area contributed by atoms with Gasteiger partial charge in [-0.05, 0) is 55.5 Å². The molecule has 0 radical (unpaired) electrons. The zero-order chi connectivity index (χ0) is 22.3. The highest BCUT2D eigenvalue weighted by Crippen LogP contribution is 2.39. The van der Waals surface area contributed by atoms with Gasteiger partial charge in [-0.3, -0.25) is 0 Å². The Balaban J connectivity index is 1.77. The van der Waals surface area contributed by atoms with Crippen LogP contribution >= 0.6 is 11.3 Å². The van der Waals surface area contributed by atoms with Gasteiger partial charge in [-0.1, -0.05) is 35.6 Å². The number of azo groups is 1. The number of nitrogen functional groups attached to an aromatic ring is 1. The first-order valence-corrected chi connectivity index (χ1v) is 12.7. The molecule has 9 nitrogen and oxygen atoms in total. The zero-order valence-electron chi connectivity index (χ0n) is 17.3. The van der Waals surface area contributed by atoms with Gasteiger partial charge in [-0.25, -0.2) is 23.5 Å². The van der Waals surface area contributed by atoms with Crippen LogP contribution in [0.5, 0.6) is 0 Å². The van der Waals surface area contributed by atoms with Crippen LogP contribution in [0.15, 0.2) is 50.4 Å². The van der Waals surface area contributed by atoms with Gasteiger partial charge in [0, 0.05) is 11.1 Å². The molecule has 2 aromatic carbocycles. The molecule has 0 amide bonds. The number of sulfonamides is 1. The Morgan fingerprint density at radius 3 is 2.66 bits per heavy atom. The van der Waals surface area contributed by atoms with E-state index in [-0.39, 0.29) is 17.4 Å². The molecule has 0 aliphatic carbocycles. The molecular formula is C21H23N7O2S2. The van der Waals surface area contributed by atoms with Gasteiger partial charge in [-0.15, -0.1) is 5.11 Å². The number of nitrogens with zero attached hydrogens (tertiary/aromatic N) is 4. The molecule has 0 saturated carbocycles. The largest absolute Gasteiger partial charge is 0.375 e. The van der Waals surface area contributed by atoms with Crippen molar-refractivity contribution in [3.63, 3.8) is 0 Å². The Morgan fingerprint density at radius 1 is 1.12 bits per heavy atom. The van der Waals surface area contributed by atoms with E-state index in [2.05, 4.69) is 25.5 Å². The van der Waals surface area contributed by atoms with Crippen molar-refractivity contribution in [3.05, 3.63) is 41.5 Å². The number of para-hydroxylation sites is 1. The first kappa shape index (κ1) is 21.1. The standard InChI is InChI=1S/C21H23N7O2S2/c22-21-27-18-15(2-1-3-16(18)31-21)14-5-4-13(10-12-6-8-24-9-7-12)19(32(23,29)30)17(14)20-25-11-26-28-20/h1-5,12,24H,6-11H2,(H2,22,27)(H2,23,29,30). The molecule has 166 valence electrons. The van der Waals surface area contributed by atoms with Crippen LogP contribution in [0.25, 0.3) is 21.3 Å². The highest BCUT2D eigenvalue weighted by Gasteiger charge is 2.29. The summed E-state index contributed by atoms with van der Waals surface area (Å²) >= 11 is 1.38. The van der Waals surface area contributed by atoms with Crippen molar-refractivity contribution in [1.82, 2.24) is 10.3 Å². The lowest BCUT2D eigenvalue weighted by atomic mass is 9.88. The quantitative estimate of drug-likeness (QED) is 0.525. The molecule has 5 rings (SSSR count). The summed E-state index contributed by atoms with van der Waals surface area (Å²) in [5, 5.41) is 17.7. The van der Waals surface area contributed by atoms with Gasteiger partial charge >= 0.3 is 0 Å². The van der Waals surface area contributed by atoms with Crippen LogP contribution in [0, 0.1) is 5.92 Å². The first-order valence-electron chi connectivity index (χ1n) is 10.4. The van der Waals surface area contributed by atoms with Gasteiger partial charge < -0.3 is 11.1 Å². The fourth-order valence-corrected chi connectivity index (χ4v) is 6.26. The summed E-state index contributed by atoms with van der Waals surface area (Å²) in [6.45, 7) is 2.01. The topological polar surface area (TPSA) is 148 Å². The molecule has 2 aliphatic heterocycles. The minimum absolute atomic E-state index is 0.0772. The third-order valence-corrected chi connectivity index (χ3v) is 7.77. The van der Waals surface area contributed by atoms with E-state index in [0.29, 0.717) is 39.7 Å². The molecule has 0 unspecified atom stereocenters. The van der Waals surface area contributed by atoms with E-state index >= 15 is 0 Å². The number of nitrogens with two attached hydrogens (primary N) is 2. The second-order valence-corrected chi connectivity index (χ2v) is 10.5. The molecule has 1 aromatic heterocycles. The van der Waals surface area contributed by atoms with Gasteiger partial charge in [0.2, 0.25) is 10.0 Å². The minimum atomic E-state index is -4.07. The molecule has 3 heterocycles. The fourth-order valence-electron chi connectivity index (χ4n) is 4.50. The normalized spacial score (nSPS) is 17.2. The summed E-state index contributed by atoms with van der Waals surface area (Å²) in [5.41, 5.74) is 9.15. The van der Waals surface area contributed by atoms with Crippen LogP contribution in [-0.4, -0.2) is 39.0 Å². The van der Waals surface area contributed by atoms with Crippen molar-refractivity contribution >= 4 is 42.5 Å². The van der Waals surface area contributed by atoms with Gasteiger partial charge in [0.1, 0.15) is 0 Å². The van der Waals surface area contributed by atoms with E-state index in [9.17, 15) is 8.42 Å². The summed E-state index contributed by atoms with van der Waals surface area (Å²) in [6.07, 6.45) is 2.59. The Hall–Kier alpha value is -2.73. The van der Waals surface area contributed by atoms with E-state index in [1.165, 1.54) is 11.3 Å². The maximum atomic E-state index is 12.9. The van der Waals surface area contributed by atoms with Crippen molar-refractivity contribution in [3.8, 4) is 11.1 Å². The van der Waals surface area contributed by atoms with Crippen LogP contribution in [0.4, 0.5) is 5.13 Å². The van der Waals surface area contributed by atoms with Crippen LogP contribution in [0.3, 0.4) is 0 Å². The van der Waals surface area contributed by atoms with Crippen molar-refractivity contribution in [2.45, 2.75) is 24.2 Å². The molecule has 11 heteroatoms. The molecule has 0 atom stereocenters. The van der Waals surface area contributed by atoms with Crippen molar-refractivity contribution in [1.29, 1.82) is 0 Å². The van der Waals surface area contributed by atoms with Crippen LogP contribution in [0.1, 0.15) is 24.0 Å². The number of nitrogens with one attached hydrogen (secondary N) is 1. The van der Waals surface area contributed by atoms with E-state index in [1.54, 1.807) is 0 Å². The second-order valence-electron chi connectivity index (χ2n) is 7.99. The number of primary sulfonamides is 1. The Bertz CT molecular complexity index is 1360. The molecule has 1 saturated heterocycles. The Morgan fingerprint density at radius 2 is 1.94 bits per heavy atom. The lowest BCUT2D eigenvalue weighted by molar-refractivity contribution is 0.371. The maximum absolute atomic E-state index is 12.9. The predicted octanol–water partition coefficient (Wildman–Crippen LogP) is 2.90. The van der Waals surface area contributed by atoms with Gasteiger partial charge in [-0.2, -0.15) is 5.11 Å². The maximum Gasteiger partial charge on any atom is 0.239 e. The zero-order valence-corrected chi connectivity index (χ0v) is 18.9. The third-order valence-electron chi connectivity index (χ3n) is 5.89. The van der Waals surface area contributed by atoms with Crippen LogP contribution in [-0.2, 0) is 16.4 Å². The first-order chi connectivity index (χ1) is 15.4. The highest BCUT2D eigenvalue weighted by atomic mass is 32.2. The number of amidine groups is 1. The number of thiazole rings is 1. The second kappa shape index (κ2) is 8.32. The lowest BCUT2D eigenvalue weighted by Gasteiger charge is -2.24. The molecule has 1 fully saturated rings. The van der Waals surface area contributed by atoms with E-state index in [1.807, 2.05) is 30.3 Å². The van der Waals surface area contributed by atoms with Gasteiger partial charge in [0.15, 0.2) is 17.6 Å². The van der Waals surface area contributed by atoms with Crippen molar-refractivity contribution in [2.24, 2.45) is 26.3 Å². The number of benzene rings is 2. The number of rotatable bonds is 5. The summed E-state index contributed by atoms with van der Waals surface area (Å²) in [6, 6.07) is 9.51. The molecule has 0 spiro atoms. The Kier molecular flexibility index (Phi) is 5.49. The average Bonchev–Trinajstić information content (AvgIpc) is 3.42. The monoisotopic (exact) mass is 469 g/mol. The number of anilines is 1. The fraction of sp³-hybridized carbons (Fsp3) is 0.333. The molecule has 0 bridgehead atoms.